The monoisotopic (exact) mass is 197 g/mol. The summed E-state index contributed by atoms with van der Waals surface area (Å²) in [5.41, 5.74) is 6.18. The van der Waals surface area contributed by atoms with Crippen LogP contribution in [0.15, 0.2) is 24.3 Å². The van der Waals surface area contributed by atoms with Crippen molar-refractivity contribution in [3.63, 3.8) is 0 Å². The Balaban J connectivity index is 2.84. The second kappa shape index (κ2) is 4.79. The lowest BCUT2D eigenvalue weighted by molar-refractivity contribution is 0.201. The number of ether oxygens (including phenoxy) is 1. The molecule has 0 saturated carbocycles. The fraction of sp³-hybridized carbons (Fsp3) is 0.222. The summed E-state index contributed by atoms with van der Waals surface area (Å²) >= 11 is 4.84. The number of benzene rings is 1. The second-order valence-corrected chi connectivity index (χ2v) is 2.87. The van der Waals surface area contributed by atoms with E-state index < -0.39 is 0 Å². The largest absolute Gasteiger partial charge is 0.490 e. The second-order valence-electron chi connectivity index (χ2n) is 2.43. The number of aliphatic hydroxyl groups is 1. The highest BCUT2D eigenvalue weighted by Gasteiger charge is 2.03. The van der Waals surface area contributed by atoms with Crippen LogP contribution >= 0.6 is 12.2 Å². The van der Waals surface area contributed by atoms with Crippen LogP contribution < -0.4 is 10.5 Å². The summed E-state index contributed by atoms with van der Waals surface area (Å²) in [6.07, 6.45) is 0. The zero-order valence-corrected chi connectivity index (χ0v) is 7.88. The molecule has 0 saturated heterocycles. The summed E-state index contributed by atoms with van der Waals surface area (Å²) in [6.45, 7) is 0.227. The summed E-state index contributed by atoms with van der Waals surface area (Å²) < 4.78 is 5.23. The third kappa shape index (κ3) is 2.68. The van der Waals surface area contributed by atoms with Crippen LogP contribution in [-0.4, -0.2) is 23.3 Å². The molecule has 0 aliphatic heterocycles. The molecule has 0 bridgehead atoms. The van der Waals surface area contributed by atoms with Gasteiger partial charge in [0.05, 0.1) is 12.2 Å². The fourth-order valence-electron chi connectivity index (χ4n) is 0.952. The van der Waals surface area contributed by atoms with Crippen molar-refractivity contribution in [3.05, 3.63) is 29.8 Å². The van der Waals surface area contributed by atoms with Gasteiger partial charge in [0.15, 0.2) is 0 Å². The van der Waals surface area contributed by atoms with Gasteiger partial charge in [-0.05, 0) is 12.1 Å². The van der Waals surface area contributed by atoms with Crippen molar-refractivity contribution < 1.29 is 9.84 Å². The van der Waals surface area contributed by atoms with Gasteiger partial charge in [0.25, 0.3) is 0 Å². The number of rotatable bonds is 4. The van der Waals surface area contributed by atoms with Crippen LogP contribution in [0.3, 0.4) is 0 Å². The van der Waals surface area contributed by atoms with Gasteiger partial charge < -0.3 is 15.6 Å². The molecule has 0 amide bonds. The molecule has 1 rings (SSSR count). The van der Waals surface area contributed by atoms with Crippen molar-refractivity contribution in [1.29, 1.82) is 0 Å². The van der Waals surface area contributed by atoms with Gasteiger partial charge in [0, 0.05) is 0 Å². The Morgan fingerprint density at radius 1 is 1.46 bits per heavy atom. The Morgan fingerprint density at radius 3 is 2.77 bits per heavy atom. The van der Waals surface area contributed by atoms with Crippen LogP contribution in [0, 0.1) is 0 Å². The molecule has 3 N–H and O–H groups in total. The van der Waals surface area contributed by atoms with Crippen molar-refractivity contribution in [1.82, 2.24) is 0 Å². The molecule has 0 aliphatic carbocycles. The standard InChI is InChI=1S/C9H11NO2S/c10-9(13)7-3-1-2-4-8(7)12-6-5-11/h1-4,11H,5-6H2,(H2,10,13). The van der Waals surface area contributed by atoms with Gasteiger partial charge in [-0.2, -0.15) is 0 Å². The van der Waals surface area contributed by atoms with E-state index in [0.29, 0.717) is 16.3 Å². The lowest BCUT2D eigenvalue weighted by atomic mass is 10.2. The molecule has 0 unspecified atom stereocenters. The van der Waals surface area contributed by atoms with E-state index in [1.165, 1.54) is 0 Å². The van der Waals surface area contributed by atoms with Gasteiger partial charge >= 0.3 is 0 Å². The van der Waals surface area contributed by atoms with Crippen molar-refractivity contribution in [2.24, 2.45) is 5.73 Å². The first-order valence-corrected chi connectivity index (χ1v) is 4.29. The highest BCUT2D eigenvalue weighted by molar-refractivity contribution is 7.80. The lowest BCUT2D eigenvalue weighted by Gasteiger charge is -2.08. The Morgan fingerprint density at radius 2 is 2.15 bits per heavy atom. The molecule has 0 fully saturated rings. The first kappa shape index (κ1) is 9.95. The van der Waals surface area contributed by atoms with Gasteiger partial charge in [0.1, 0.15) is 17.3 Å². The van der Waals surface area contributed by atoms with E-state index in [1.807, 2.05) is 12.1 Å². The van der Waals surface area contributed by atoms with Gasteiger partial charge in [-0.15, -0.1) is 0 Å². The maximum Gasteiger partial charge on any atom is 0.129 e. The summed E-state index contributed by atoms with van der Waals surface area (Å²) in [5, 5.41) is 8.57. The summed E-state index contributed by atoms with van der Waals surface area (Å²) in [5.74, 6) is 0.615. The summed E-state index contributed by atoms with van der Waals surface area (Å²) in [4.78, 5) is 0.300. The summed E-state index contributed by atoms with van der Waals surface area (Å²) in [7, 11) is 0. The molecule has 1 aromatic rings. The predicted molar refractivity (Wildman–Crippen MR) is 54.9 cm³/mol. The minimum atomic E-state index is -0.0222. The number of hydrogen-bond donors (Lipinski definition) is 2. The van der Waals surface area contributed by atoms with Crippen molar-refractivity contribution in [3.8, 4) is 5.75 Å². The molecule has 13 heavy (non-hydrogen) atoms. The zero-order chi connectivity index (χ0) is 9.68. The average molecular weight is 197 g/mol. The van der Waals surface area contributed by atoms with Crippen LogP contribution in [0.1, 0.15) is 5.56 Å². The van der Waals surface area contributed by atoms with Crippen molar-refractivity contribution >= 4 is 17.2 Å². The maximum absolute atomic E-state index is 8.57. The van der Waals surface area contributed by atoms with Crippen LogP contribution in [0.5, 0.6) is 5.75 Å². The first-order chi connectivity index (χ1) is 6.25. The molecule has 4 heteroatoms. The number of para-hydroxylation sites is 1. The zero-order valence-electron chi connectivity index (χ0n) is 7.06. The number of nitrogens with two attached hydrogens (primary N) is 1. The Labute approximate surface area is 82.1 Å². The molecule has 0 spiro atoms. The van der Waals surface area contributed by atoms with Gasteiger partial charge in [-0.25, -0.2) is 0 Å². The van der Waals surface area contributed by atoms with E-state index in [-0.39, 0.29) is 13.2 Å². The molecular formula is C9H11NO2S. The van der Waals surface area contributed by atoms with E-state index in [9.17, 15) is 0 Å². The Hall–Kier alpha value is -1.13. The van der Waals surface area contributed by atoms with E-state index in [0.717, 1.165) is 0 Å². The van der Waals surface area contributed by atoms with Gasteiger partial charge in [0.2, 0.25) is 0 Å². The van der Waals surface area contributed by atoms with Crippen molar-refractivity contribution in [2.75, 3.05) is 13.2 Å². The fourth-order valence-corrected chi connectivity index (χ4v) is 1.12. The Bertz CT molecular complexity index is 301. The van der Waals surface area contributed by atoms with E-state index >= 15 is 0 Å². The lowest BCUT2D eigenvalue weighted by Crippen LogP contribution is -2.12. The summed E-state index contributed by atoms with van der Waals surface area (Å²) in [6, 6.07) is 7.22. The normalized spacial score (nSPS) is 9.62. The first-order valence-electron chi connectivity index (χ1n) is 3.88. The molecular weight excluding hydrogens is 186 g/mol. The number of thiocarbonyl (C=S) groups is 1. The highest BCUT2D eigenvalue weighted by Crippen LogP contribution is 2.17. The highest BCUT2D eigenvalue weighted by atomic mass is 32.1. The molecule has 70 valence electrons. The Kier molecular flexibility index (Phi) is 3.67. The molecule has 1 aromatic carbocycles. The minimum absolute atomic E-state index is 0.0222. The molecule has 0 aromatic heterocycles. The average Bonchev–Trinajstić information content (AvgIpc) is 2.15. The maximum atomic E-state index is 8.57. The third-order valence-corrected chi connectivity index (χ3v) is 1.72. The van der Waals surface area contributed by atoms with Crippen LogP contribution in [-0.2, 0) is 0 Å². The molecule has 3 nitrogen and oxygen atoms in total. The van der Waals surface area contributed by atoms with Crippen LogP contribution in [0.2, 0.25) is 0 Å². The van der Waals surface area contributed by atoms with Crippen LogP contribution in [0.25, 0.3) is 0 Å². The molecule has 0 radical (unpaired) electrons. The van der Waals surface area contributed by atoms with Crippen molar-refractivity contribution in [2.45, 2.75) is 0 Å². The molecule has 0 heterocycles. The number of aliphatic hydroxyl groups excluding tert-OH is 1. The number of hydrogen-bond acceptors (Lipinski definition) is 3. The van der Waals surface area contributed by atoms with Gasteiger partial charge in [-0.3, -0.25) is 0 Å². The van der Waals surface area contributed by atoms with Gasteiger partial charge in [-0.1, -0.05) is 24.4 Å². The molecule has 0 atom stereocenters. The predicted octanol–water partition coefficient (Wildman–Crippen LogP) is 0.692. The van der Waals surface area contributed by atoms with E-state index in [1.54, 1.807) is 12.1 Å². The van der Waals surface area contributed by atoms with E-state index in [4.69, 9.17) is 27.8 Å². The van der Waals surface area contributed by atoms with E-state index in [2.05, 4.69) is 0 Å². The van der Waals surface area contributed by atoms with Crippen LogP contribution in [0.4, 0.5) is 0 Å². The molecule has 0 aliphatic rings. The smallest absolute Gasteiger partial charge is 0.129 e. The third-order valence-electron chi connectivity index (χ3n) is 1.50. The minimum Gasteiger partial charge on any atom is -0.490 e. The SMILES string of the molecule is NC(=S)c1ccccc1OCCO. The topological polar surface area (TPSA) is 55.5 Å². The quantitative estimate of drug-likeness (QED) is 0.697.